The van der Waals surface area contributed by atoms with Crippen LogP contribution in [0.25, 0.3) is 0 Å². The third-order valence-electron chi connectivity index (χ3n) is 1.12. The Morgan fingerprint density at radius 2 is 1.69 bits per heavy atom. The Morgan fingerprint density at radius 3 is 2.00 bits per heavy atom. The molecule has 0 fully saturated rings. The van der Waals surface area contributed by atoms with Crippen molar-refractivity contribution < 1.29 is 4.39 Å². The fourth-order valence-electron chi connectivity index (χ4n) is 0.608. The van der Waals surface area contributed by atoms with E-state index in [0.717, 1.165) is 5.92 Å². The summed E-state index contributed by atoms with van der Waals surface area (Å²) in [4.78, 5) is 0. The van der Waals surface area contributed by atoms with Crippen LogP contribution in [0.4, 0.5) is 4.39 Å². The number of halogens is 2. The van der Waals surface area contributed by atoms with Gasteiger partial charge in [-0.05, 0) is 36.6 Å². The van der Waals surface area contributed by atoms with Gasteiger partial charge in [0.05, 0.1) is 0 Å². The molecular weight excluding hydrogens is 187 g/mol. The van der Waals surface area contributed by atoms with E-state index < -0.39 is 0 Å². The quantitative estimate of drug-likeness (QED) is 0.583. The standard InChI is InChI=1S/C7H6ClF.C4H10/c1-5-4-6(8)2-3-7(5)9;1-4(2)3/h2-4H,1H3;4H,1-3H3. The summed E-state index contributed by atoms with van der Waals surface area (Å²) in [5.41, 5.74) is 0.586. The van der Waals surface area contributed by atoms with Crippen molar-refractivity contribution in [3.63, 3.8) is 0 Å². The van der Waals surface area contributed by atoms with E-state index in [1.165, 1.54) is 12.1 Å². The van der Waals surface area contributed by atoms with Gasteiger partial charge in [0.25, 0.3) is 0 Å². The first kappa shape index (κ1) is 12.4. The summed E-state index contributed by atoms with van der Waals surface area (Å²) in [6.45, 7) is 8.18. The molecule has 0 nitrogen and oxygen atoms in total. The second-order valence-electron chi connectivity index (χ2n) is 3.63. The van der Waals surface area contributed by atoms with Crippen molar-refractivity contribution in [3.05, 3.63) is 34.6 Å². The highest BCUT2D eigenvalue weighted by Gasteiger charge is 1.94. The second kappa shape index (κ2) is 5.98. The van der Waals surface area contributed by atoms with Crippen LogP contribution in [0.1, 0.15) is 26.3 Å². The molecule has 0 aliphatic rings. The Labute approximate surface area is 84.7 Å². The van der Waals surface area contributed by atoms with Crippen LogP contribution in [-0.4, -0.2) is 0 Å². The molecule has 0 N–H and O–H groups in total. The highest BCUT2D eigenvalue weighted by atomic mass is 35.5. The predicted molar refractivity (Wildman–Crippen MR) is 56.7 cm³/mol. The van der Waals surface area contributed by atoms with E-state index >= 15 is 0 Å². The molecule has 0 unspecified atom stereocenters. The van der Waals surface area contributed by atoms with Gasteiger partial charge in [-0.15, -0.1) is 0 Å². The Morgan fingerprint density at radius 1 is 1.23 bits per heavy atom. The van der Waals surface area contributed by atoms with Gasteiger partial charge in [-0.1, -0.05) is 32.4 Å². The zero-order valence-corrected chi connectivity index (χ0v) is 9.32. The SMILES string of the molecule is CC(C)C.Cc1cc(Cl)ccc1F. The van der Waals surface area contributed by atoms with Crippen LogP contribution >= 0.6 is 11.6 Å². The maximum Gasteiger partial charge on any atom is 0.126 e. The van der Waals surface area contributed by atoms with Gasteiger partial charge in [0.1, 0.15) is 5.82 Å². The third kappa shape index (κ3) is 6.59. The van der Waals surface area contributed by atoms with Gasteiger partial charge in [0.15, 0.2) is 0 Å². The second-order valence-corrected chi connectivity index (χ2v) is 4.06. The molecule has 13 heavy (non-hydrogen) atoms. The van der Waals surface area contributed by atoms with Crippen molar-refractivity contribution in [2.45, 2.75) is 27.7 Å². The average molecular weight is 203 g/mol. The van der Waals surface area contributed by atoms with Gasteiger partial charge in [-0.3, -0.25) is 0 Å². The number of hydrogen-bond acceptors (Lipinski definition) is 0. The fourth-order valence-corrected chi connectivity index (χ4v) is 0.835. The first-order chi connectivity index (χ1) is 5.93. The van der Waals surface area contributed by atoms with Crippen LogP contribution in [0.2, 0.25) is 5.02 Å². The van der Waals surface area contributed by atoms with E-state index in [9.17, 15) is 4.39 Å². The molecule has 1 rings (SSSR count). The zero-order valence-electron chi connectivity index (χ0n) is 8.57. The Bertz CT molecular complexity index is 254. The number of hydrogen-bond donors (Lipinski definition) is 0. The minimum absolute atomic E-state index is 0.209. The van der Waals surface area contributed by atoms with Crippen molar-refractivity contribution >= 4 is 11.6 Å². The van der Waals surface area contributed by atoms with E-state index in [1.54, 1.807) is 13.0 Å². The fraction of sp³-hybridized carbons (Fsp3) is 0.455. The molecule has 1 aromatic carbocycles. The Balaban J connectivity index is 0.000000310. The summed E-state index contributed by atoms with van der Waals surface area (Å²) in [7, 11) is 0. The van der Waals surface area contributed by atoms with Crippen molar-refractivity contribution in [2.75, 3.05) is 0 Å². The number of benzene rings is 1. The van der Waals surface area contributed by atoms with Gasteiger partial charge in [0.2, 0.25) is 0 Å². The van der Waals surface area contributed by atoms with Crippen LogP contribution in [-0.2, 0) is 0 Å². The first-order valence-corrected chi connectivity index (χ1v) is 4.73. The van der Waals surface area contributed by atoms with Crippen molar-refractivity contribution in [3.8, 4) is 0 Å². The van der Waals surface area contributed by atoms with Gasteiger partial charge in [-0.25, -0.2) is 4.39 Å². The lowest BCUT2D eigenvalue weighted by Crippen LogP contribution is -1.78. The highest BCUT2D eigenvalue weighted by Crippen LogP contribution is 2.12. The summed E-state index contributed by atoms with van der Waals surface area (Å²) >= 11 is 5.55. The van der Waals surface area contributed by atoms with Gasteiger partial charge in [0, 0.05) is 5.02 Å². The van der Waals surface area contributed by atoms with Crippen molar-refractivity contribution in [1.82, 2.24) is 0 Å². The lowest BCUT2D eigenvalue weighted by molar-refractivity contribution is 0.618. The average Bonchev–Trinajstić information content (AvgIpc) is 1.96. The molecule has 0 saturated carbocycles. The van der Waals surface area contributed by atoms with E-state index in [1.807, 2.05) is 0 Å². The molecule has 1 aromatic rings. The molecule has 2 heteroatoms. The van der Waals surface area contributed by atoms with E-state index in [-0.39, 0.29) is 5.82 Å². The Hall–Kier alpha value is -0.560. The largest absolute Gasteiger partial charge is 0.207 e. The monoisotopic (exact) mass is 202 g/mol. The summed E-state index contributed by atoms with van der Waals surface area (Å²) in [5.74, 6) is 0.624. The topological polar surface area (TPSA) is 0 Å². The van der Waals surface area contributed by atoms with Crippen molar-refractivity contribution in [1.29, 1.82) is 0 Å². The summed E-state index contributed by atoms with van der Waals surface area (Å²) < 4.78 is 12.4. The maximum atomic E-state index is 12.4. The molecule has 0 aromatic heterocycles. The molecular formula is C11H16ClF. The predicted octanol–water partition coefficient (Wildman–Crippen LogP) is 4.45. The molecule has 0 atom stereocenters. The van der Waals surface area contributed by atoms with Crippen LogP contribution < -0.4 is 0 Å². The summed E-state index contributed by atoms with van der Waals surface area (Å²) in [6.07, 6.45) is 0. The van der Waals surface area contributed by atoms with Crippen LogP contribution in [0, 0.1) is 18.7 Å². The molecule has 0 bridgehead atoms. The molecule has 0 saturated heterocycles. The van der Waals surface area contributed by atoms with E-state index in [2.05, 4.69) is 20.8 Å². The number of aryl methyl sites for hydroxylation is 1. The molecule has 0 heterocycles. The zero-order chi connectivity index (χ0) is 10.4. The van der Waals surface area contributed by atoms with Gasteiger partial charge < -0.3 is 0 Å². The number of rotatable bonds is 0. The molecule has 0 spiro atoms. The molecule has 0 aliphatic carbocycles. The molecule has 0 amide bonds. The van der Waals surface area contributed by atoms with Crippen LogP contribution in [0.5, 0.6) is 0 Å². The minimum Gasteiger partial charge on any atom is -0.207 e. The third-order valence-corrected chi connectivity index (χ3v) is 1.36. The van der Waals surface area contributed by atoms with Crippen molar-refractivity contribution in [2.24, 2.45) is 5.92 Å². The molecule has 74 valence electrons. The van der Waals surface area contributed by atoms with Gasteiger partial charge in [-0.2, -0.15) is 0 Å². The molecule has 0 aliphatic heterocycles. The normalized spacial score (nSPS) is 9.46. The van der Waals surface area contributed by atoms with Crippen LogP contribution in [0.3, 0.4) is 0 Å². The minimum atomic E-state index is -0.209. The molecule has 0 radical (unpaired) electrons. The summed E-state index contributed by atoms with van der Waals surface area (Å²) in [6, 6.07) is 4.48. The maximum absolute atomic E-state index is 12.4. The Kier molecular flexibility index (Phi) is 5.72. The summed E-state index contributed by atoms with van der Waals surface area (Å²) in [5, 5.41) is 0.578. The highest BCUT2D eigenvalue weighted by molar-refractivity contribution is 6.30. The van der Waals surface area contributed by atoms with E-state index in [4.69, 9.17) is 11.6 Å². The van der Waals surface area contributed by atoms with Gasteiger partial charge >= 0.3 is 0 Å². The lowest BCUT2D eigenvalue weighted by Gasteiger charge is -1.93. The lowest BCUT2D eigenvalue weighted by atomic mass is 10.2. The smallest absolute Gasteiger partial charge is 0.126 e. The van der Waals surface area contributed by atoms with E-state index in [0.29, 0.717) is 10.6 Å². The van der Waals surface area contributed by atoms with Crippen LogP contribution in [0.15, 0.2) is 18.2 Å². The first-order valence-electron chi connectivity index (χ1n) is 4.35.